The summed E-state index contributed by atoms with van der Waals surface area (Å²) in [4.78, 5) is 16.6. The topological polar surface area (TPSA) is 56.0 Å². The van der Waals surface area contributed by atoms with Crippen molar-refractivity contribution in [2.75, 3.05) is 5.73 Å². The molecule has 2 N–H and O–H groups in total. The van der Waals surface area contributed by atoms with Crippen molar-refractivity contribution in [2.24, 2.45) is 0 Å². The Bertz CT molecular complexity index is 773. The molecule has 3 nitrogen and oxygen atoms in total. The van der Waals surface area contributed by atoms with Gasteiger partial charge in [0.2, 0.25) is 0 Å². The second kappa shape index (κ2) is 5.75. The normalized spacial score (nSPS) is 10.7. The van der Waals surface area contributed by atoms with Gasteiger partial charge in [-0.15, -0.1) is 0 Å². The van der Waals surface area contributed by atoms with Gasteiger partial charge in [-0.1, -0.05) is 30.3 Å². The molecule has 0 aliphatic heterocycles. The smallest absolute Gasteiger partial charge is 0.141 e. The summed E-state index contributed by atoms with van der Waals surface area (Å²) < 4.78 is 0. The zero-order valence-electron chi connectivity index (χ0n) is 11.6. The van der Waals surface area contributed by atoms with E-state index in [1.165, 1.54) is 0 Å². The number of benzene rings is 2. The lowest BCUT2D eigenvalue weighted by atomic mass is 10.00. The van der Waals surface area contributed by atoms with E-state index in [9.17, 15) is 4.79 Å². The summed E-state index contributed by atoms with van der Waals surface area (Å²) in [5, 5.41) is 1.05. The lowest BCUT2D eigenvalue weighted by Gasteiger charge is -2.06. The van der Waals surface area contributed by atoms with E-state index < -0.39 is 0 Å². The van der Waals surface area contributed by atoms with Gasteiger partial charge in [-0.25, -0.2) is 0 Å². The second-order valence-electron chi connectivity index (χ2n) is 5.12. The van der Waals surface area contributed by atoms with Gasteiger partial charge in [0, 0.05) is 30.1 Å². The molecule has 104 valence electrons. The van der Waals surface area contributed by atoms with E-state index in [2.05, 4.69) is 4.98 Å². The number of fused-ring (bicyclic) bond motifs is 1. The molecule has 0 saturated heterocycles. The molecule has 3 rings (SSSR count). The average Bonchev–Trinajstić information content (AvgIpc) is 2.50. The predicted octanol–water partition coefficient (Wildman–Crippen LogP) is 3.17. The van der Waals surface area contributed by atoms with Crippen LogP contribution in [0.4, 0.5) is 5.69 Å². The molecule has 0 aliphatic carbocycles. The fraction of sp³-hybridized carbons (Fsp3) is 0.111. The number of carbonyl (C=O) groups is 1. The average molecular weight is 276 g/mol. The van der Waals surface area contributed by atoms with Gasteiger partial charge in [0.1, 0.15) is 5.78 Å². The van der Waals surface area contributed by atoms with Gasteiger partial charge in [0.15, 0.2) is 0 Å². The fourth-order valence-corrected chi connectivity index (χ4v) is 2.45. The van der Waals surface area contributed by atoms with E-state index in [0.29, 0.717) is 18.5 Å². The number of ketones is 1. The maximum absolute atomic E-state index is 12.3. The fourth-order valence-electron chi connectivity index (χ4n) is 2.45. The van der Waals surface area contributed by atoms with E-state index in [0.717, 1.165) is 22.0 Å². The maximum Gasteiger partial charge on any atom is 0.141 e. The number of anilines is 1. The monoisotopic (exact) mass is 276 g/mol. The number of aromatic nitrogens is 1. The zero-order valence-corrected chi connectivity index (χ0v) is 11.6. The van der Waals surface area contributed by atoms with E-state index in [-0.39, 0.29) is 5.78 Å². The summed E-state index contributed by atoms with van der Waals surface area (Å²) in [6, 6.07) is 17.3. The summed E-state index contributed by atoms with van der Waals surface area (Å²) >= 11 is 0. The third-order valence-corrected chi connectivity index (χ3v) is 3.51. The summed E-state index contributed by atoms with van der Waals surface area (Å²) in [6.07, 6.45) is 2.61. The van der Waals surface area contributed by atoms with E-state index in [1.807, 2.05) is 54.6 Å². The minimum atomic E-state index is 0.191. The van der Waals surface area contributed by atoms with Crippen molar-refractivity contribution in [3.8, 4) is 0 Å². The number of hydrogen-bond acceptors (Lipinski definition) is 3. The first-order valence-electron chi connectivity index (χ1n) is 6.91. The maximum atomic E-state index is 12.3. The van der Waals surface area contributed by atoms with Crippen LogP contribution in [0.25, 0.3) is 10.9 Å². The van der Waals surface area contributed by atoms with Crippen LogP contribution >= 0.6 is 0 Å². The molecule has 3 aromatic rings. The van der Waals surface area contributed by atoms with Gasteiger partial charge < -0.3 is 5.73 Å². The first-order valence-corrected chi connectivity index (χ1v) is 6.91. The molecule has 0 unspecified atom stereocenters. The Morgan fingerprint density at radius 2 is 1.71 bits per heavy atom. The number of hydrogen-bond donors (Lipinski definition) is 1. The van der Waals surface area contributed by atoms with Gasteiger partial charge in [0.05, 0.1) is 5.52 Å². The third-order valence-electron chi connectivity index (χ3n) is 3.51. The van der Waals surface area contributed by atoms with Crippen LogP contribution in [0.1, 0.15) is 11.1 Å². The zero-order chi connectivity index (χ0) is 14.7. The van der Waals surface area contributed by atoms with Crippen LogP contribution in [0, 0.1) is 0 Å². The molecular formula is C18H16N2O. The molecule has 0 spiro atoms. The number of carbonyl (C=O) groups excluding carboxylic acids is 1. The number of nitrogen functional groups attached to an aromatic ring is 1. The molecule has 0 bridgehead atoms. The molecule has 3 heteroatoms. The Labute approximate surface area is 123 Å². The van der Waals surface area contributed by atoms with Crippen molar-refractivity contribution in [3.05, 3.63) is 71.9 Å². The van der Waals surface area contributed by atoms with Crippen LogP contribution in [-0.4, -0.2) is 10.8 Å². The highest BCUT2D eigenvalue weighted by Gasteiger charge is 2.08. The highest BCUT2D eigenvalue weighted by atomic mass is 16.1. The van der Waals surface area contributed by atoms with Crippen LogP contribution in [0.2, 0.25) is 0 Å². The number of Topliss-reactive ketones (excluding diaryl/α,β-unsaturated/α-hetero) is 1. The minimum absolute atomic E-state index is 0.191. The molecular weight excluding hydrogens is 260 g/mol. The summed E-state index contributed by atoms with van der Waals surface area (Å²) in [6.45, 7) is 0. The first kappa shape index (κ1) is 13.3. The van der Waals surface area contributed by atoms with E-state index in [1.54, 1.807) is 6.20 Å². The van der Waals surface area contributed by atoms with Crippen molar-refractivity contribution in [1.82, 2.24) is 4.98 Å². The van der Waals surface area contributed by atoms with Gasteiger partial charge >= 0.3 is 0 Å². The largest absolute Gasteiger partial charge is 0.399 e. The molecule has 0 fully saturated rings. The van der Waals surface area contributed by atoms with E-state index in [4.69, 9.17) is 5.73 Å². The highest BCUT2D eigenvalue weighted by molar-refractivity contribution is 5.89. The summed E-state index contributed by atoms with van der Waals surface area (Å²) in [5.74, 6) is 0.191. The summed E-state index contributed by atoms with van der Waals surface area (Å²) in [7, 11) is 0. The number of nitrogens with two attached hydrogens (primary N) is 1. The Morgan fingerprint density at radius 1 is 0.952 bits per heavy atom. The van der Waals surface area contributed by atoms with Crippen molar-refractivity contribution in [2.45, 2.75) is 12.8 Å². The lowest BCUT2D eigenvalue weighted by Crippen LogP contribution is -2.07. The molecule has 0 aliphatic rings. The first-order chi connectivity index (χ1) is 10.2. The lowest BCUT2D eigenvalue weighted by molar-refractivity contribution is -0.117. The molecule has 0 saturated carbocycles. The van der Waals surface area contributed by atoms with Gasteiger partial charge in [-0.3, -0.25) is 9.78 Å². The molecule has 21 heavy (non-hydrogen) atoms. The molecule has 0 amide bonds. The number of rotatable bonds is 4. The Balaban J connectivity index is 1.79. The number of nitrogens with zero attached hydrogens (tertiary/aromatic N) is 1. The van der Waals surface area contributed by atoms with Crippen molar-refractivity contribution in [1.29, 1.82) is 0 Å². The molecule has 0 radical (unpaired) electrons. The minimum Gasteiger partial charge on any atom is -0.399 e. The molecule has 2 aromatic carbocycles. The highest BCUT2D eigenvalue weighted by Crippen LogP contribution is 2.17. The van der Waals surface area contributed by atoms with Gasteiger partial charge in [0.25, 0.3) is 0 Å². The van der Waals surface area contributed by atoms with Gasteiger partial charge in [-0.05, 0) is 35.4 Å². The third kappa shape index (κ3) is 3.08. The van der Waals surface area contributed by atoms with Crippen LogP contribution in [0.15, 0.2) is 60.8 Å². The van der Waals surface area contributed by atoms with Crippen LogP contribution < -0.4 is 5.73 Å². The second-order valence-corrected chi connectivity index (χ2v) is 5.12. The SMILES string of the molecule is Nc1ccc(CC(=O)Cc2ccnc3ccccc23)cc1. The van der Waals surface area contributed by atoms with E-state index >= 15 is 0 Å². The van der Waals surface area contributed by atoms with Crippen LogP contribution in [-0.2, 0) is 17.6 Å². The number of para-hydroxylation sites is 1. The summed E-state index contributed by atoms with van der Waals surface area (Å²) in [5.41, 5.74) is 9.31. The van der Waals surface area contributed by atoms with Crippen molar-refractivity contribution in [3.63, 3.8) is 0 Å². The predicted molar refractivity (Wildman–Crippen MR) is 85.0 cm³/mol. The quantitative estimate of drug-likeness (QED) is 0.745. The Morgan fingerprint density at radius 3 is 2.52 bits per heavy atom. The molecule has 1 heterocycles. The van der Waals surface area contributed by atoms with Crippen molar-refractivity contribution >= 4 is 22.4 Å². The molecule has 1 aromatic heterocycles. The Kier molecular flexibility index (Phi) is 3.65. The van der Waals surface area contributed by atoms with Crippen LogP contribution in [0.5, 0.6) is 0 Å². The van der Waals surface area contributed by atoms with Gasteiger partial charge in [-0.2, -0.15) is 0 Å². The van der Waals surface area contributed by atoms with Crippen molar-refractivity contribution < 1.29 is 4.79 Å². The van der Waals surface area contributed by atoms with Crippen LogP contribution in [0.3, 0.4) is 0 Å². The molecule has 0 atom stereocenters. The standard InChI is InChI=1S/C18H16N2O/c19-15-7-5-13(6-8-15)11-16(21)12-14-9-10-20-18-4-2-1-3-17(14)18/h1-10H,11-12,19H2. The number of pyridine rings is 1. The Hall–Kier alpha value is -2.68.